The molecule has 142 valence electrons. The Bertz CT molecular complexity index is 614. The van der Waals surface area contributed by atoms with Gasteiger partial charge in [-0.05, 0) is 31.4 Å². The van der Waals surface area contributed by atoms with Crippen molar-refractivity contribution in [2.45, 2.75) is 57.0 Å². The molecule has 3 rings (SSSR count). The Morgan fingerprint density at radius 2 is 2.12 bits per heavy atom. The summed E-state index contributed by atoms with van der Waals surface area (Å²) in [6.07, 6.45) is 8.15. The molecule has 6 nitrogen and oxygen atoms in total. The zero-order valence-electron chi connectivity index (χ0n) is 15.3. The first-order valence-corrected chi connectivity index (χ1v) is 9.73. The van der Waals surface area contributed by atoms with Gasteiger partial charge in [0.1, 0.15) is 0 Å². The first kappa shape index (κ1) is 18.8. The summed E-state index contributed by atoms with van der Waals surface area (Å²) in [5.41, 5.74) is 0.197. The standard InChI is InChI=1S/C20H29N3O3/c24-18-8-7-16(14-23(18)13-9-17-6-2-5-12-21-17)19(25)22-15-20(26)10-3-1-4-11-20/h2,5-6,12,16,26H,1,3-4,7-11,13-15H2,(H,22,25)/t16-/m0/s1. The van der Waals surface area contributed by atoms with Gasteiger partial charge in [-0.25, -0.2) is 0 Å². The van der Waals surface area contributed by atoms with Crippen molar-refractivity contribution in [2.75, 3.05) is 19.6 Å². The lowest BCUT2D eigenvalue weighted by molar-refractivity contribution is -0.138. The molecule has 0 radical (unpaired) electrons. The smallest absolute Gasteiger partial charge is 0.225 e. The zero-order valence-corrected chi connectivity index (χ0v) is 15.3. The summed E-state index contributed by atoms with van der Waals surface area (Å²) >= 11 is 0. The van der Waals surface area contributed by atoms with Crippen LogP contribution in [0.3, 0.4) is 0 Å². The lowest BCUT2D eigenvalue weighted by Crippen LogP contribution is -2.50. The number of carbonyl (C=O) groups excluding carboxylic acids is 2. The van der Waals surface area contributed by atoms with Crippen LogP contribution in [0.4, 0.5) is 0 Å². The van der Waals surface area contributed by atoms with Gasteiger partial charge >= 0.3 is 0 Å². The number of likely N-dealkylation sites (tertiary alicyclic amines) is 1. The van der Waals surface area contributed by atoms with Crippen LogP contribution < -0.4 is 5.32 Å². The zero-order chi connectivity index (χ0) is 18.4. The summed E-state index contributed by atoms with van der Waals surface area (Å²) in [5.74, 6) is -0.126. The predicted molar refractivity (Wildman–Crippen MR) is 98.3 cm³/mol. The van der Waals surface area contributed by atoms with Gasteiger partial charge in [0, 0.05) is 44.4 Å². The second-order valence-corrected chi connectivity index (χ2v) is 7.65. The van der Waals surface area contributed by atoms with E-state index in [4.69, 9.17) is 0 Å². The minimum atomic E-state index is -0.753. The summed E-state index contributed by atoms with van der Waals surface area (Å²) in [6, 6.07) is 5.76. The average molecular weight is 359 g/mol. The molecular formula is C20H29N3O3. The molecule has 2 N–H and O–H groups in total. The Hall–Kier alpha value is -1.95. The molecule has 1 aromatic rings. The van der Waals surface area contributed by atoms with Crippen LogP contribution in [-0.4, -0.2) is 52.0 Å². The molecule has 0 aromatic carbocycles. The lowest BCUT2D eigenvalue weighted by atomic mass is 9.84. The van der Waals surface area contributed by atoms with Crippen LogP contribution >= 0.6 is 0 Å². The van der Waals surface area contributed by atoms with E-state index < -0.39 is 5.60 Å². The number of carbonyl (C=O) groups is 2. The highest BCUT2D eigenvalue weighted by atomic mass is 16.3. The molecule has 2 amide bonds. The Morgan fingerprint density at radius 3 is 2.85 bits per heavy atom. The van der Waals surface area contributed by atoms with Gasteiger partial charge < -0.3 is 15.3 Å². The third kappa shape index (κ3) is 5.04. The van der Waals surface area contributed by atoms with E-state index in [0.29, 0.717) is 38.9 Å². The quantitative estimate of drug-likeness (QED) is 0.809. The highest BCUT2D eigenvalue weighted by Gasteiger charge is 2.33. The van der Waals surface area contributed by atoms with Crippen LogP contribution in [0.25, 0.3) is 0 Å². The topological polar surface area (TPSA) is 82.5 Å². The summed E-state index contributed by atoms with van der Waals surface area (Å²) in [4.78, 5) is 30.8. The second kappa shape index (κ2) is 8.62. The highest BCUT2D eigenvalue weighted by molar-refractivity contribution is 5.83. The van der Waals surface area contributed by atoms with Gasteiger partial charge in [-0.2, -0.15) is 0 Å². The van der Waals surface area contributed by atoms with E-state index in [0.717, 1.165) is 37.8 Å². The molecule has 26 heavy (non-hydrogen) atoms. The molecular weight excluding hydrogens is 330 g/mol. The van der Waals surface area contributed by atoms with Gasteiger partial charge in [0.15, 0.2) is 0 Å². The van der Waals surface area contributed by atoms with Gasteiger partial charge in [0.2, 0.25) is 11.8 Å². The molecule has 6 heteroatoms. The number of aromatic nitrogens is 1. The van der Waals surface area contributed by atoms with Crippen molar-refractivity contribution in [1.29, 1.82) is 0 Å². The SMILES string of the molecule is O=C(NCC1(O)CCCCC1)[C@H]1CCC(=O)N(CCc2ccccn2)C1. The molecule has 0 bridgehead atoms. The van der Waals surface area contributed by atoms with Crippen LogP contribution in [0.15, 0.2) is 24.4 Å². The minimum absolute atomic E-state index is 0.0423. The van der Waals surface area contributed by atoms with Crippen molar-refractivity contribution in [2.24, 2.45) is 5.92 Å². The molecule has 0 spiro atoms. The van der Waals surface area contributed by atoms with Crippen molar-refractivity contribution >= 4 is 11.8 Å². The first-order valence-electron chi connectivity index (χ1n) is 9.73. The maximum atomic E-state index is 12.5. The van der Waals surface area contributed by atoms with Gasteiger partial charge in [-0.3, -0.25) is 14.6 Å². The fourth-order valence-electron chi connectivity index (χ4n) is 3.92. The Balaban J connectivity index is 1.48. The fraction of sp³-hybridized carbons (Fsp3) is 0.650. The number of nitrogens with zero attached hydrogens (tertiary/aromatic N) is 2. The van der Waals surface area contributed by atoms with Crippen molar-refractivity contribution in [3.8, 4) is 0 Å². The fourth-order valence-corrected chi connectivity index (χ4v) is 3.92. The highest BCUT2D eigenvalue weighted by Crippen LogP contribution is 2.27. The largest absolute Gasteiger partial charge is 0.388 e. The molecule has 2 heterocycles. The van der Waals surface area contributed by atoms with Crippen LogP contribution in [0.1, 0.15) is 50.6 Å². The van der Waals surface area contributed by atoms with E-state index >= 15 is 0 Å². The van der Waals surface area contributed by atoms with E-state index in [9.17, 15) is 14.7 Å². The molecule has 1 aromatic heterocycles. The van der Waals surface area contributed by atoms with Crippen LogP contribution in [0, 0.1) is 5.92 Å². The average Bonchev–Trinajstić information content (AvgIpc) is 2.67. The first-order chi connectivity index (χ1) is 12.6. The van der Waals surface area contributed by atoms with Crippen LogP contribution in [0.2, 0.25) is 0 Å². The molecule has 2 fully saturated rings. The van der Waals surface area contributed by atoms with Crippen molar-refractivity contribution in [3.05, 3.63) is 30.1 Å². The number of aliphatic hydroxyl groups is 1. The van der Waals surface area contributed by atoms with E-state index in [1.807, 2.05) is 18.2 Å². The molecule has 1 atom stereocenters. The number of hydrogen-bond acceptors (Lipinski definition) is 4. The summed E-state index contributed by atoms with van der Waals surface area (Å²) < 4.78 is 0. The second-order valence-electron chi connectivity index (χ2n) is 7.65. The van der Waals surface area contributed by atoms with Crippen molar-refractivity contribution in [3.63, 3.8) is 0 Å². The molecule has 1 saturated carbocycles. The third-order valence-electron chi connectivity index (χ3n) is 5.61. The number of pyridine rings is 1. The summed E-state index contributed by atoms with van der Waals surface area (Å²) in [7, 11) is 0. The van der Waals surface area contributed by atoms with Crippen molar-refractivity contribution in [1.82, 2.24) is 15.2 Å². The van der Waals surface area contributed by atoms with Crippen LogP contribution in [0.5, 0.6) is 0 Å². The monoisotopic (exact) mass is 359 g/mol. The van der Waals surface area contributed by atoms with E-state index in [1.165, 1.54) is 0 Å². The molecule has 2 aliphatic rings. The number of rotatable bonds is 6. The number of piperidine rings is 1. The minimum Gasteiger partial charge on any atom is -0.388 e. The molecule has 0 unspecified atom stereocenters. The Labute approximate surface area is 155 Å². The van der Waals surface area contributed by atoms with Gasteiger partial charge in [-0.15, -0.1) is 0 Å². The number of amides is 2. The summed E-state index contributed by atoms with van der Waals surface area (Å²) in [6.45, 7) is 1.36. The summed E-state index contributed by atoms with van der Waals surface area (Å²) in [5, 5.41) is 13.5. The van der Waals surface area contributed by atoms with E-state index in [1.54, 1.807) is 11.1 Å². The van der Waals surface area contributed by atoms with Crippen molar-refractivity contribution < 1.29 is 14.7 Å². The number of hydrogen-bond donors (Lipinski definition) is 2. The van der Waals surface area contributed by atoms with E-state index in [2.05, 4.69) is 10.3 Å². The maximum Gasteiger partial charge on any atom is 0.225 e. The molecule has 1 saturated heterocycles. The van der Waals surface area contributed by atoms with Gasteiger partial charge in [0.25, 0.3) is 0 Å². The third-order valence-corrected chi connectivity index (χ3v) is 5.61. The Morgan fingerprint density at radius 1 is 1.31 bits per heavy atom. The lowest BCUT2D eigenvalue weighted by Gasteiger charge is -2.34. The van der Waals surface area contributed by atoms with Crippen LogP contribution in [-0.2, 0) is 16.0 Å². The normalized spacial score (nSPS) is 22.9. The van der Waals surface area contributed by atoms with E-state index in [-0.39, 0.29) is 17.7 Å². The maximum absolute atomic E-state index is 12.5. The molecule has 1 aliphatic carbocycles. The van der Waals surface area contributed by atoms with Gasteiger partial charge in [0.05, 0.1) is 11.5 Å². The Kier molecular flexibility index (Phi) is 6.25. The van der Waals surface area contributed by atoms with Gasteiger partial charge in [-0.1, -0.05) is 25.3 Å². The molecule has 1 aliphatic heterocycles. The number of nitrogens with one attached hydrogen (secondary N) is 1. The predicted octanol–water partition coefficient (Wildman–Crippen LogP) is 1.67.